The Kier molecular flexibility index (Phi) is 5.02. The van der Waals surface area contributed by atoms with Gasteiger partial charge in [-0.2, -0.15) is 5.26 Å². The first-order valence-corrected chi connectivity index (χ1v) is 7.59. The summed E-state index contributed by atoms with van der Waals surface area (Å²) >= 11 is 0. The standard InChI is InChI=1S/C17H21N3O3/c1-17(2,23)11-19-16(22)14-6-7-15(21)20(14)10-13-5-3-4-12(8-13)9-18/h3-5,8,14,23H,6-7,10-11H2,1-2H3,(H,19,22). The normalized spacial score (nSPS) is 17.9. The van der Waals surface area contributed by atoms with Crippen molar-refractivity contribution in [1.82, 2.24) is 10.2 Å². The fraction of sp³-hybridized carbons (Fsp3) is 0.471. The number of nitrogens with one attached hydrogen (secondary N) is 1. The average Bonchev–Trinajstić information content (AvgIpc) is 2.85. The van der Waals surface area contributed by atoms with Crippen LogP contribution >= 0.6 is 0 Å². The van der Waals surface area contributed by atoms with Gasteiger partial charge in [-0.15, -0.1) is 0 Å². The predicted molar refractivity (Wildman–Crippen MR) is 84.0 cm³/mol. The zero-order chi connectivity index (χ0) is 17.0. The average molecular weight is 315 g/mol. The van der Waals surface area contributed by atoms with Gasteiger partial charge in [0.1, 0.15) is 6.04 Å². The van der Waals surface area contributed by atoms with Gasteiger partial charge in [-0.05, 0) is 38.0 Å². The SMILES string of the molecule is CC(C)(O)CNC(=O)C1CCC(=O)N1Cc1cccc(C#N)c1. The van der Waals surface area contributed by atoms with Gasteiger partial charge in [0.2, 0.25) is 11.8 Å². The van der Waals surface area contributed by atoms with Crippen LogP contribution in [-0.2, 0) is 16.1 Å². The largest absolute Gasteiger partial charge is 0.389 e. The van der Waals surface area contributed by atoms with E-state index >= 15 is 0 Å². The van der Waals surface area contributed by atoms with E-state index in [1.54, 1.807) is 32.0 Å². The topological polar surface area (TPSA) is 93.4 Å². The number of nitriles is 1. The van der Waals surface area contributed by atoms with Crippen molar-refractivity contribution in [3.05, 3.63) is 35.4 Å². The van der Waals surface area contributed by atoms with Crippen LogP contribution in [0.5, 0.6) is 0 Å². The van der Waals surface area contributed by atoms with E-state index in [2.05, 4.69) is 11.4 Å². The minimum absolute atomic E-state index is 0.0734. The molecule has 1 heterocycles. The summed E-state index contributed by atoms with van der Waals surface area (Å²) in [5.41, 5.74) is 0.348. The molecule has 0 aromatic heterocycles. The van der Waals surface area contributed by atoms with Crippen LogP contribution in [0.2, 0.25) is 0 Å². The molecule has 0 saturated carbocycles. The Balaban J connectivity index is 2.07. The van der Waals surface area contributed by atoms with Gasteiger partial charge in [-0.25, -0.2) is 0 Å². The van der Waals surface area contributed by atoms with Crippen molar-refractivity contribution >= 4 is 11.8 Å². The number of nitrogens with zero attached hydrogens (tertiary/aromatic N) is 2. The number of carbonyl (C=O) groups excluding carboxylic acids is 2. The molecule has 1 unspecified atom stereocenters. The van der Waals surface area contributed by atoms with E-state index in [1.165, 1.54) is 4.90 Å². The van der Waals surface area contributed by atoms with Crippen molar-refractivity contribution in [2.24, 2.45) is 0 Å². The summed E-state index contributed by atoms with van der Waals surface area (Å²) in [4.78, 5) is 25.9. The molecule has 1 atom stereocenters. The van der Waals surface area contributed by atoms with Gasteiger partial charge >= 0.3 is 0 Å². The molecule has 0 radical (unpaired) electrons. The van der Waals surface area contributed by atoms with E-state index in [-0.39, 0.29) is 18.4 Å². The Morgan fingerprint density at radius 2 is 2.26 bits per heavy atom. The highest BCUT2D eigenvalue weighted by molar-refractivity contribution is 5.90. The lowest BCUT2D eigenvalue weighted by molar-refractivity contribution is -0.136. The minimum atomic E-state index is -0.996. The molecule has 0 bridgehead atoms. The smallest absolute Gasteiger partial charge is 0.242 e. The number of hydrogen-bond acceptors (Lipinski definition) is 4. The Morgan fingerprint density at radius 1 is 1.52 bits per heavy atom. The maximum Gasteiger partial charge on any atom is 0.242 e. The molecule has 0 aliphatic carbocycles. The van der Waals surface area contributed by atoms with Crippen molar-refractivity contribution in [2.75, 3.05) is 6.54 Å². The second-order valence-corrected chi connectivity index (χ2v) is 6.42. The van der Waals surface area contributed by atoms with Gasteiger partial charge in [0.15, 0.2) is 0 Å². The third-order valence-electron chi connectivity index (χ3n) is 3.74. The Bertz CT molecular complexity index is 643. The second kappa shape index (κ2) is 6.80. The zero-order valence-corrected chi connectivity index (χ0v) is 13.4. The molecule has 1 aliphatic heterocycles. The molecule has 2 amide bonds. The summed E-state index contributed by atoms with van der Waals surface area (Å²) in [7, 11) is 0. The Morgan fingerprint density at radius 3 is 2.91 bits per heavy atom. The maximum atomic E-state index is 12.3. The van der Waals surface area contributed by atoms with E-state index in [4.69, 9.17) is 5.26 Å². The summed E-state index contributed by atoms with van der Waals surface area (Å²) in [5.74, 6) is -0.329. The van der Waals surface area contributed by atoms with Gasteiger partial charge in [-0.3, -0.25) is 9.59 Å². The van der Waals surface area contributed by atoms with E-state index < -0.39 is 11.6 Å². The van der Waals surface area contributed by atoms with Crippen molar-refractivity contribution in [1.29, 1.82) is 5.26 Å². The van der Waals surface area contributed by atoms with E-state index in [0.717, 1.165) is 5.56 Å². The van der Waals surface area contributed by atoms with Gasteiger partial charge < -0.3 is 15.3 Å². The van der Waals surface area contributed by atoms with Crippen LogP contribution in [-0.4, -0.2) is 40.0 Å². The van der Waals surface area contributed by atoms with Gasteiger partial charge in [-0.1, -0.05) is 12.1 Å². The molecule has 6 nitrogen and oxygen atoms in total. The summed E-state index contributed by atoms with van der Waals surface area (Å²) < 4.78 is 0. The quantitative estimate of drug-likeness (QED) is 0.845. The van der Waals surface area contributed by atoms with E-state index in [0.29, 0.717) is 24.9 Å². The zero-order valence-electron chi connectivity index (χ0n) is 13.4. The number of likely N-dealkylation sites (tertiary alicyclic amines) is 1. The molecule has 1 fully saturated rings. The maximum absolute atomic E-state index is 12.3. The number of rotatable bonds is 5. The number of aliphatic hydroxyl groups is 1. The summed E-state index contributed by atoms with van der Waals surface area (Å²) in [6, 6.07) is 8.54. The third kappa shape index (κ3) is 4.54. The summed E-state index contributed by atoms with van der Waals surface area (Å²) in [6.07, 6.45) is 0.799. The molecule has 0 spiro atoms. The van der Waals surface area contributed by atoms with Gasteiger partial charge in [0.25, 0.3) is 0 Å². The first kappa shape index (κ1) is 17.0. The van der Waals surface area contributed by atoms with Crippen molar-refractivity contribution < 1.29 is 14.7 Å². The van der Waals surface area contributed by atoms with Crippen LogP contribution in [0, 0.1) is 11.3 Å². The molecule has 122 valence electrons. The Hall–Kier alpha value is -2.39. The number of hydrogen-bond donors (Lipinski definition) is 2. The lowest BCUT2D eigenvalue weighted by atomic mass is 10.1. The minimum Gasteiger partial charge on any atom is -0.389 e. The fourth-order valence-corrected chi connectivity index (χ4v) is 2.56. The van der Waals surface area contributed by atoms with Crippen LogP contribution in [0.4, 0.5) is 0 Å². The van der Waals surface area contributed by atoms with Crippen molar-refractivity contribution in [3.63, 3.8) is 0 Å². The highest BCUT2D eigenvalue weighted by Crippen LogP contribution is 2.22. The predicted octanol–water partition coefficient (Wildman–Crippen LogP) is 0.936. The third-order valence-corrected chi connectivity index (χ3v) is 3.74. The molecule has 23 heavy (non-hydrogen) atoms. The molecule has 1 aromatic carbocycles. The van der Waals surface area contributed by atoms with Gasteiger partial charge in [0, 0.05) is 19.5 Å². The molecule has 1 aliphatic rings. The van der Waals surface area contributed by atoms with E-state index in [1.807, 2.05) is 6.07 Å². The van der Waals surface area contributed by atoms with Gasteiger partial charge in [0.05, 0.1) is 17.2 Å². The highest BCUT2D eigenvalue weighted by Gasteiger charge is 2.36. The lowest BCUT2D eigenvalue weighted by Crippen LogP contribution is -2.48. The van der Waals surface area contributed by atoms with Crippen molar-refractivity contribution in [2.45, 2.75) is 44.9 Å². The molecule has 2 rings (SSSR count). The van der Waals surface area contributed by atoms with Crippen LogP contribution in [0.25, 0.3) is 0 Å². The van der Waals surface area contributed by atoms with Crippen LogP contribution in [0.3, 0.4) is 0 Å². The molecular formula is C17H21N3O3. The van der Waals surface area contributed by atoms with Crippen molar-refractivity contribution in [3.8, 4) is 6.07 Å². The Labute approximate surface area is 135 Å². The molecule has 1 aromatic rings. The lowest BCUT2D eigenvalue weighted by Gasteiger charge is -2.26. The molecular weight excluding hydrogens is 294 g/mol. The monoisotopic (exact) mass is 315 g/mol. The first-order chi connectivity index (χ1) is 10.8. The highest BCUT2D eigenvalue weighted by atomic mass is 16.3. The molecule has 2 N–H and O–H groups in total. The summed E-state index contributed by atoms with van der Waals surface area (Å²) in [6.45, 7) is 3.65. The fourth-order valence-electron chi connectivity index (χ4n) is 2.56. The van der Waals surface area contributed by atoms with Crippen LogP contribution in [0.1, 0.15) is 37.8 Å². The summed E-state index contributed by atoms with van der Waals surface area (Å²) in [5, 5.41) is 21.3. The van der Waals surface area contributed by atoms with Crippen LogP contribution < -0.4 is 5.32 Å². The number of benzene rings is 1. The van der Waals surface area contributed by atoms with E-state index in [9.17, 15) is 14.7 Å². The number of carbonyl (C=O) groups is 2. The number of amides is 2. The molecule has 1 saturated heterocycles. The van der Waals surface area contributed by atoms with Crippen LogP contribution in [0.15, 0.2) is 24.3 Å². The molecule has 6 heteroatoms. The second-order valence-electron chi connectivity index (χ2n) is 6.42. The first-order valence-electron chi connectivity index (χ1n) is 7.59.